The number of aromatic nitrogens is 1. The second kappa shape index (κ2) is 9.10. The first-order valence-corrected chi connectivity index (χ1v) is 11.9. The normalized spacial score (nSPS) is 14.3. The second-order valence-corrected chi connectivity index (χ2v) is 9.49. The van der Waals surface area contributed by atoms with Crippen LogP contribution in [-0.4, -0.2) is 34.3 Å². The predicted molar refractivity (Wildman–Crippen MR) is 122 cm³/mol. The molecule has 1 aromatic carbocycles. The summed E-state index contributed by atoms with van der Waals surface area (Å²) in [6.45, 7) is 5.22. The quantitative estimate of drug-likeness (QED) is 0.607. The van der Waals surface area contributed by atoms with Gasteiger partial charge in [0, 0.05) is 23.5 Å². The van der Waals surface area contributed by atoms with Crippen LogP contribution < -0.4 is 5.32 Å². The van der Waals surface area contributed by atoms with E-state index in [-0.39, 0.29) is 11.8 Å². The van der Waals surface area contributed by atoms with Crippen LogP contribution in [0.5, 0.6) is 0 Å². The molecule has 0 spiro atoms. The highest BCUT2D eigenvalue weighted by Gasteiger charge is 2.29. The number of carbonyl (C=O) groups is 2. The number of thiazole rings is 1. The standard InChI is InChI=1S/C23H25N3O2S2/c1-3-7-18(23(28)26-12-10-19-17(14-26)11-13-29-19)25-21(27)20-15(2)24-22(30-20)16-8-5-4-6-9-16/h4-6,8-9,11,13,18H,3,7,10,12,14H2,1-2H3,(H,25,27). The van der Waals surface area contributed by atoms with E-state index in [9.17, 15) is 9.59 Å². The predicted octanol–water partition coefficient (Wildman–Crippen LogP) is 4.66. The Kier molecular flexibility index (Phi) is 6.29. The van der Waals surface area contributed by atoms with E-state index >= 15 is 0 Å². The van der Waals surface area contributed by atoms with Gasteiger partial charge in [-0.05, 0) is 36.8 Å². The highest BCUT2D eigenvalue weighted by atomic mass is 32.1. The zero-order valence-corrected chi connectivity index (χ0v) is 18.8. The number of aryl methyl sites for hydroxylation is 1. The van der Waals surface area contributed by atoms with Crippen LogP contribution in [0.2, 0.25) is 0 Å². The molecule has 3 aromatic rings. The van der Waals surface area contributed by atoms with E-state index in [2.05, 4.69) is 21.7 Å². The molecule has 3 heterocycles. The molecule has 0 fully saturated rings. The summed E-state index contributed by atoms with van der Waals surface area (Å²) in [6.07, 6.45) is 2.34. The maximum atomic E-state index is 13.2. The highest BCUT2D eigenvalue weighted by molar-refractivity contribution is 7.17. The van der Waals surface area contributed by atoms with Gasteiger partial charge in [0.05, 0.1) is 5.69 Å². The van der Waals surface area contributed by atoms with Crippen LogP contribution >= 0.6 is 22.7 Å². The van der Waals surface area contributed by atoms with Crippen molar-refractivity contribution >= 4 is 34.5 Å². The lowest BCUT2D eigenvalue weighted by Crippen LogP contribution is -2.49. The molecule has 2 aromatic heterocycles. The summed E-state index contributed by atoms with van der Waals surface area (Å²) in [5, 5.41) is 5.90. The number of rotatable bonds is 6. The molecule has 7 heteroatoms. The van der Waals surface area contributed by atoms with Crippen LogP contribution in [-0.2, 0) is 17.8 Å². The number of nitrogens with zero attached hydrogens (tertiary/aromatic N) is 2. The van der Waals surface area contributed by atoms with Crippen LogP contribution in [0, 0.1) is 6.92 Å². The van der Waals surface area contributed by atoms with Crippen molar-refractivity contribution in [3.8, 4) is 10.6 Å². The molecule has 0 bridgehead atoms. The molecule has 30 heavy (non-hydrogen) atoms. The Bertz CT molecular complexity index is 1040. The molecule has 1 aliphatic heterocycles. The van der Waals surface area contributed by atoms with Crippen molar-refractivity contribution in [2.45, 2.75) is 45.7 Å². The smallest absolute Gasteiger partial charge is 0.263 e. The number of fused-ring (bicyclic) bond motifs is 1. The number of carbonyl (C=O) groups excluding carboxylic acids is 2. The van der Waals surface area contributed by atoms with Crippen molar-refractivity contribution in [2.24, 2.45) is 0 Å². The fourth-order valence-corrected chi connectivity index (χ4v) is 5.60. The topological polar surface area (TPSA) is 62.3 Å². The van der Waals surface area contributed by atoms with E-state index in [0.717, 1.165) is 23.4 Å². The molecule has 156 valence electrons. The fourth-order valence-electron chi connectivity index (χ4n) is 3.74. The molecule has 1 atom stereocenters. The molecule has 0 radical (unpaired) electrons. The molecule has 4 rings (SSSR count). The van der Waals surface area contributed by atoms with Gasteiger partial charge in [0.25, 0.3) is 5.91 Å². The van der Waals surface area contributed by atoms with Gasteiger partial charge in [0.1, 0.15) is 15.9 Å². The Balaban J connectivity index is 1.49. The van der Waals surface area contributed by atoms with E-state index in [0.29, 0.717) is 30.1 Å². The zero-order chi connectivity index (χ0) is 21.1. The summed E-state index contributed by atoms with van der Waals surface area (Å²) in [5.74, 6) is -0.209. The van der Waals surface area contributed by atoms with Crippen LogP contribution in [0.1, 0.15) is 45.6 Å². The van der Waals surface area contributed by atoms with Gasteiger partial charge in [-0.1, -0.05) is 43.7 Å². The summed E-state index contributed by atoms with van der Waals surface area (Å²) in [4.78, 5) is 34.6. The minimum Gasteiger partial charge on any atom is -0.339 e. The maximum absolute atomic E-state index is 13.2. The van der Waals surface area contributed by atoms with Gasteiger partial charge in [-0.3, -0.25) is 9.59 Å². The average molecular weight is 440 g/mol. The minimum absolute atomic E-state index is 0.00695. The van der Waals surface area contributed by atoms with Gasteiger partial charge in [-0.25, -0.2) is 4.98 Å². The first-order chi connectivity index (χ1) is 14.6. The number of hydrogen-bond donors (Lipinski definition) is 1. The summed E-state index contributed by atoms with van der Waals surface area (Å²) in [5.41, 5.74) is 2.91. The van der Waals surface area contributed by atoms with Crippen LogP contribution in [0.3, 0.4) is 0 Å². The monoisotopic (exact) mass is 439 g/mol. The highest BCUT2D eigenvalue weighted by Crippen LogP contribution is 2.28. The average Bonchev–Trinajstić information content (AvgIpc) is 3.39. The molecule has 2 amide bonds. The van der Waals surface area contributed by atoms with Crippen molar-refractivity contribution in [2.75, 3.05) is 6.54 Å². The van der Waals surface area contributed by atoms with Gasteiger partial charge >= 0.3 is 0 Å². The lowest BCUT2D eigenvalue weighted by Gasteiger charge is -2.30. The Morgan fingerprint density at radius 1 is 1.23 bits per heavy atom. The Labute approximate surface area is 184 Å². The van der Waals surface area contributed by atoms with Gasteiger partial charge in [0.2, 0.25) is 5.91 Å². The zero-order valence-electron chi connectivity index (χ0n) is 17.2. The third-order valence-corrected chi connectivity index (χ3v) is 7.55. The third kappa shape index (κ3) is 4.32. The van der Waals surface area contributed by atoms with Crippen LogP contribution in [0.15, 0.2) is 41.8 Å². The molecule has 0 saturated carbocycles. The van der Waals surface area contributed by atoms with E-state index in [1.54, 1.807) is 11.3 Å². The van der Waals surface area contributed by atoms with E-state index < -0.39 is 6.04 Å². The maximum Gasteiger partial charge on any atom is 0.263 e. The van der Waals surface area contributed by atoms with Crippen molar-refractivity contribution < 1.29 is 9.59 Å². The van der Waals surface area contributed by atoms with Crippen LogP contribution in [0.4, 0.5) is 0 Å². The van der Waals surface area contributed by atoms with E-state index in [1.165, 1.54) is 21.8 Å². The minimum atomic E-state index is -0.510. The van der Waals surface area contributed by atoms with Crippen molar-refractivity contribution in [3.05, 3.63) is 62.8 Å². The number of thiophene rings is 1. The molecule has 5 nitrogen and oxygen atoms in total. The van der Waals surface area contributed by atoms with E-state index in [1.807, 2.05) is 49.1 Å². The lowest BCUT2D eigenvalue weighted by atomic mass is 10.1. The Hall–Kier alpha value is -2.51. The summed E-state index contributed by atoms with van der Waals surface area (Å²) in [7, 11) is 0. The third-order valence-electron chi connectivity index (χ3n) is 5.32. The lowest BCUT2D eigenvalue weighted by molar-refractivity contribution is -0.134. The molecule has 1 aliphatic rings. The van der Waals surface area contributed by atoms with Gasteiger partial charge in [-0.2, -0.15) is 0 Å². The number of hydrogen-bond acceptors (Lipinski definition) is 5. The molecule has 0 saturated heterocycles. The number of benzene rings is 1. The van der Waals surface area contributed by atoms with Crippen LogP contribution in [0.25, 0.3) is 10.6 Å². The number of nitrogens with one attached hydrogen (secondary N) is 1. The van der Waals surface area contributed by atoms with Gasteiger partial charge in [-0.15, -0.1) is 22.7 Å². The van der Waals surface area contributed by atoms with E-state index in [4.69, 9.17) is 0 Å². The summed E-state index contributed by atoms with van der Waals surface area (Å²) in [6, 6.07) is 11.4. The Morgan fingerprint density at radius 2 is 2.03 bits per heavy atom. The summed E-state index contributed by atoms with van der Waals surface area (Å²) >= 11 is 3.13. The van der Waals surface area contributed by atoms with Crippen molar-refractivity contribution in [1.29, 1.82) is 0 Å². The molecule has 1 N–H and O–H groups in total. The molecular weight excluding hydrogens is 414 g/mol. The first-order valence-electron chi connectivity index (χ1n) is 10.2. The van der Waals surface area contributed by atoms with Crippen molar-refractivity contribution in [1.82, 2.24) is 15.2 Å². The molecule has 0 aliphatic carbocycles. The van der Waals surface area contributed by atoms with Gasteiger partial charge < -0.3 is 10.2 Å². The first kappa shape index (κ1) is 20.8. The largest absolute Gasteiger partial charge is 0.339 e. The Morgan fingerprint density at radius 3 is 2.80 bits per heavy atom. The molecular formula is C23H25N3O2S2. The second-order valence-electron chi connectivity index (χ2n) is 7.49. The molecule has 1 unspecified atom stereocenters. The van der Waals surface area contributed by atoms with Crippen molar-refractivity contribution in [3.63, 3.8) is 0 Å². The number of amides is 2. The SMILES string of the molecule is CCCC(NC(=O)c1sc(-c2ccccc2)nc1C)C(=O)N1CCc2sccc2C1. The summed E-state index contributed by atoms with van der Waals surface area (Å²) < 4.78 is 0. The van der Waals surface area contributed by atoms with Gasteiger partial charge in [0.15, 0.2) is 0 Å². The fraction of sp³-hybridized carbons (Fsp3) is 0.348.